The fourth-order valence-corrected chi connectivity index (χ4v) is 1.34. The van der Waals surface area contributed by atoms with Gasteiger partial charge in [0, 0.05) is 17.8 Å². The highest BCUT2D eigenvalue weighted by Gasteiger charge is 2.02. The van der Waals surface area contributed by atoms with Crippen LogP contribution < -0.4 is 5.73 Å². The Hall–Kier alpha value is -1.74. The Kier molecular flexibility index (Phi) is 2.74. The molecule has 3 nitrogen and oxygen atoms in total. The number of hydrogen-bond donors (Lipinski definition) is 1. The Morgan fingerprint density at radius 2 is 2.00 bits per heavy atom. The fraction of sp³-hybridized carbons (Fsp3) is 0.167. The molecule has 2 N–H and O–H groups in total. The average molecular weight is 198 g/mol. The number of nitrogens with zero attached hydrogens (tertiary/aromatic N) is 2. The lowest BCUT2D eigenvalue weighted by atomic mass is 10.1. The maximum absolute atomic E-state index is 5.77. The second-order valence-electron chi connectivity index (χ2n) is 3.42. The van der Waals surface area contributed by atoms with Crippen LogP contribution in [-0.2, 0) is 0 Å². The number of benzene rings is 1. The molecule has 1 radical (unpaired) electrons. The number of aromatic nitrogens is 2. The van der Waals surface area contributed by atoms with Gasteiger partial charge in [-0.1, -0.05) is 24.3 Å². The van der Waals surface area contributed by atoms with Crippen LogP contribution in [0.25, 0.3) is 11.4 Å². The molecule has 1 atom stereocenters. The normalized spacial score (nSPS) is 12.4. The van der Waals surface area contributed by atoms with E-state index >= 15 is 0 Å². The summed E-state index contributed by atoms with van der Waals surface area (Å²) >= 11 is 0. The van der Waals surface area contributed by atoms with Gasteiger partial charge in [0.15, 0.2) is 5.82 Å². The van der Waals surface area contributed by atoms with E-state index < -0.39 is 0 Å². The molecule has 0 saturated carbocycles. The van der Waals surface area contributed by atoms with E-state index in [4.69, 9.17) is 5.73 Å². The largest absolute Gasteiger partial charge is 0.324 e. The van der Waals surface area contributed by atoms with Gasteiger partial charge < -0.3 is 5.73 Å². The first-order chi connectivity index (χ1) is 7.27. The van der Waals surface area contributed by atoms with E-state index in [2.05, 4.69) is 16.2 Å². The molecular weight excluding hydrogens is 186 g/mol. The Labute approximate surface area is 89.0 Å². The highest BCUT2D eigenvalue weighted by molar-refractivity contribution is 5.54. The van der Waals surface area contributed by atoms with Gasteiger partial charge in [-0.05, 0) is 18.6 Å². The third-order valence-electron chi connectivity index (χ3n) is 2.21. The van der Waals surface area contributed by atoms with Crippen LogP contribution in [0.15, 0.2) is 36.5 Å². The molecule has 0 bridgehead atoms. The average Bonchev–Trinajstić information content (AvgIpc) is 2.30. The van der Waals surface area contributed by atoms with Crippen molar-refractivity contribution in [1.82, 2.24) is 9.97 Å². The molecule has 3 heteroatoms. The predicted molar refractivity (Wildman–Crippen MR) is 58.9 cm³/mol. The molecule has 0 aliphatic carbocycles. The second kappa shape index (κ2) is 4.19. The van der Waals surface area contributed by atoms with E-state index in [1.807, 2.05) is 31.2 Å². The van der Waals surface area contributed by atoms with Gasteiger partial charge in [0.05, 0.1) is 6.20 Å². The highest BCUT2D eigenvalue weighted by atomic mass is 14.8. The molecular formula is C12H12N3. The summed E-state index contributed by atoms with van der Waals surface area (Å²) in [4.78, 5) is 8.21. The molecule has 0 aliphatic heterocycles. The van der Waals surface area contributed by atoms with E-state index in [0.29, 0.717) is 5.82 Å². The summed E-state index contributed by atoms with van der Waals surface area (Å²) in [5.74, 6) is 0.689. The lowest BCUT2D eigenvalue weighted by Crippen LogP contribution is -2.04. The first-order valence-corrected chi connectivity index (χ1v) is 4.82. The Morgan fingerprint density at radius 3 is 2.53 bits per heavy atom. The fourth-order valence-electron chi connectivity index (χ4n) is 1.34. The van der Waals surface area contributed by atoms with Crippen molar-refractivity contribution in [1.29, 1.82) is 0 Å². The molecule has 1 unspecified atom stereocenters. The van der Waals surface area contributed by atoms with Gasteiger partial charge in [0.2, 0.25) is 0 Å². The first-order valence-electron chi connectivity index (χ1n) is 4.82. The van der Waals surface area contributed by atoms with E-state index in [1.165, 1.54) is 0 Å². The number of hydrogen-bond acceptors (Lipinski definition) is 3. The quantitative estimate of drug-likeness (QED) is 0.802. The van der Waals surface area contributed by atoms with Crippen LogP contribution >= 0.6 is 0 Å². The van der Waals surface area contributed by atoms with Crippen molar-refractivity contribution in [2.75, 3.05) is 0 Å². The van der Waals surface area contributed by atoms with Crippen molar-refractivity contribution >= 4 is 0 Å². The lowest BCUT2D eigenvalue weighted by Gasteiger charge is -2.05. The van der Waals surface area contributed by atoms with E-state index in [1.54, 1.807) is 12.3 Å². The minimum atomic E-state index is 0.0577. The standard InChI is InChI=1S/C12H12N3/c1-9(13)10-3-5-11(6-4-10)12-14-7-2-8-15-12/h2-7,9H,13H2,1H3. The highest BCUT2D eigenvalue weighted by Crippen LogP contribution is 2.17. The molecule has 1 aromatic carbocycles. The Morgan fingerprint density at radius 1 is 1.27 bits per heavy atom. The van der Waals surface area contributed by atoms with Crippen molar-refractivity contribution in [3.63, 3.8) is 0 Å². The van der Waals surface area contributed by atoms with Crippen LogP contribution in [0.3, 0.4) is 0 Å². The van der Waals surface area contributed by atoms with Crippen molar-refractivity contribution < 1.29 is 0 Å². The van der Waals surface area contributed by atoms with Crippen molar-refractivity contribution in [3.8, 4) is 11.4 Å². The maximum atomic E-state index is 5.77. The van der Waals surface area contributed by atoms with Gasteiger partial charge in [-0.15, -0.1) is 0 Å². The minimum absolute atomic E-state index is 0.0577. The molecule has 1 heterocycles. The van der Waals surface area contributed by atoms with Crippen LogP contribution in [0.1, 0.15) is 18.5 Å². The Balaban J connectivity index is 2.32. The van der Waals surface area contributed by atoms with Gasteiger partial charge >= 0.3 is 0 Å². The monoisotopic (exact) mass is 198 g/mol. The van der Waals surface area contributed by atoms with Crippen molar-refractivity contribution in [3.05, 3.63) is 48.3 Å². The summed E-state index contributed by atoms with van der Waals surface area (Å²) in [6.07, 6.45) is 4.44. The van der Waals surface area contributed by atoms with Crippen LogP contribution in [0, 0.1) is 6.20 Å². The molecule has 2 aromatic rings. The maximum Gasteiger partial charge on any atom is 0.159 e. The SMILES string of the molecule is CC(N)c1ccc(-c2n[c]ccn2)cc1. The molecule has 0 spiro atoms. The van der Waals surface area contributed by atoms with Gasteiger partial charge in [-0.2, -0.15) is 0 Å². The van der Waals surface area contributed by atoms with Gasteiger partial charge in [-0.25, -0.2) is 9.97 Å². The van der Waals surface area contributed by atoms with Crippen LogP contribution in [0.2, 0.25) is 0 Å². The van der Waals surface area contributed by atoms with Crippen LogP contribution in [-0.4, -0.2) is 9.97 Å². The van der Waals surface area contributed by atoms with Gasteiger partial charge in [-0.3, -0.25) is 0 Å². The summed E-state index contributed by atoms with van der Waals surface area (Å²) in [5.41, 5.74) is 7.86. The zero-order valence-electron chi connectivity index (χ0n) is 8.51. The molecule has 0 amide bonds. The summed E-state index contributed by atoms with van der Waals surface area (Å²) in [6, 6.07) is 9.68. The lowest BCUT2D eigenvalue weighted by molar-refractivity contribution is 0.818. The summed E-state index contributed by atoms with van der Waals surface area (Å²) in [7, 11) is 0. The topological polar surface area (TPSA) is 51.8 Å². The number of nitrogens with two attached hydrogens (primary N) is 1. The zero-order chi connectivity index (χ0) is 10.7. The van der Waals surface area contributed by atoms with Crippen LogP contribution in [0.5, 0.6) is 0 Å². The van der Waals surface area contributed by atoms with Crippen LogP contribution in [0.4, 0.5) is 0 Å². The second-order valence-corrected chi connectivity index (χ2v) is 3.42. The molecule has 2 rings (SSSR count). The molecule has 75 valence electrons. The third-order valence-corrected chi connectivity index (χ3v) is 2.21. The van der Waals surface area contributed by atoms with E-state index in [9.17, 15) is 0 Å². The van der Waals surface area contributed by atoms with Crippen molar-refractivity contribution in [2.45, 2.75) is 13.0 Å². The smallest absolute Gasteiger partial charge is 0.159 e. The molecule has 0 aliphatic rings. The predicted octanol–water partition coefficient (Wildman–Crippen LogP) is 1.96. The summed E-state index contributed by atoms with van der Waals surface area (Å²) in [5, 5.41) is 0. The number of rotatable bonds is 2. The summed E-state index contributed by atoms with van der Waals surface area (Å²) in [6.45, 7) is 1.96. The zero-order valence-corrected chi connectivity index (χ0v) is 8.51. The van der Waals surface area contributed by atoms with Crippen molar-refractivity contribution in [2.24, 2.45) is 5.73 Å². The minimum Gasteiger partial charge on any atom is -0.324 e. The molecule has 15 heavy (non-hydrogen) atoms. The summed E-state index contributed by atoms with van der Waals surface area (Å²) < 4.78 is 0. The first kappa shape index (κ1) is 9.80. The molecule has 0 fully saturated rings. The van der Waals surface area contributed by atoms with E-state index in [0.717, 1.165) is 11.1 Å². The van der Waals surface area contributed by atoms with Gasteiger partial charge in [0.25, 0.3) is 0 Å². The Bertz CT molecular complexity index is 420. The third kappa shape index (κ3) is 2.19. The van der Waals surface area contributed by atoms with Gasteiger partial charge in [0.1, 0.15) is 0 Å². The van der Waals surface area contributed by atoms with E-state index in [-0.39, 0.29) is 6.04 Å². The molecule has 1 aromatic heterocycles. The molecule has 0 saturated heterocycles.